The van der Waals surface area contributed by atoms with Crippen LogP contribution in [0.15, 0.2) is 46.0 Å². The molecule has 0 atom stereocenters. The average Bonchev–Trinajstić information content (AvgIpc) is 3.24. The highest BCUT2D eigenvalue weighted by Crippen LogP contribution is 2.41. The van der Waals surface area contributed by atoms with Crippen LogP contribution in [0.1, 0.15) is 26.3 Å². The van der Waals surface area contributed by atoms with Gasteiger partial charge in [-0.3, -0.25) is 0 Å². The lowest BCUT2D eigenvalue weighted by Gasteiger charge is -2.19. The number of nitrogens with zero attached hydrogens (tertiary/aromatic N) is 2. The second kappa shape index (κ2) is 9.96. The van der Waals surface area contributed by atoms with Crippen LogP contribution >= 0.6 is 11.8 Å². The second-order valence-electron chi connectivity index (χ2n) is 7.76. The molecule has 7 nitrogen and oxygen atoms in total. The van der Waals surface area contributed by atoms with E-state index in [-0.39, 0.29) is 5.41 Å². The number of thioether (sulfide) groups is 1. The SMILES string of the molecule is COc1cc(-c2nnc(SCCOc3ccc(C(C)(C)C)cc3)o2)cc(OC)c1OC. The molecule has 0 saturated heterocycles. The maximum atomic E-state index is 5.82. The molecule has 3 aromatic rings. The summed E-state index contributed by atoms with van der Waals surface area (Å²) in [4.78, 5) is 0. The molecule has 0 amide bonds. The van der Waals surface area contributed by atoms with Gasteiger partial charge in [-0.1, -0.05) is 44.7 Å². The van der Waals surface area contributed by atoms with Crippen molar-refractivity contribution >= 4 is 11.8 Å². The van der Waals surface area contributed by atoms with E-state index < -0.39 is 0 Å². The number of ether oxygens (including phenoxy) is 4. The van der Waals surface area contributed by atoms with Gasteiger partial charge in [0.2, 0.25) is 11.6 Å². The Balaban J connectivity index is 1.58. The van der Waals surface area contributed by atoms with Gasteiger partial charge in [0.05, 0.1) is 27.9 Å². The lowest BCUT2D eigenvalue weighted by molar-refractivity contribution is 0.324. The number of hydrogen-bond acceptors (Lipinski definition) is 8. The van der Waals surface area contributed by atoms with Crippen molar-refractivity contribution in [2.45, 2.75) is 31.4 Å². The highest BCUT2D eigenvalue weighted by Gasteiger charge is 2.18. The maximum absolute atomic E-state index is 5.82. The molecule has 0 saturated carbocycles. The van der Waals surface area contributed by atoms with Crippen molar-refractivity contribution in [2.24, 2.45) is 0 Å². The van der Waals surface area contributed by atoms with E-state index in [9.17, 15) is 0 Å². The van der Waals surface area contributed by atoms with Gasteiger partial charge in [0.1, 0.15) is 5.75 Å². The molecule has 8 heteroatoms. The van der Waals surface area contributed by atoms with E-state index in [1.54, 1.807) is 33.5 Å². The van der Waals surface area contributed by atoms with Gasteiger partial charge in [-0.15, -0.1) is 10.2 Å². The quantitative estimate of drug-likeness (QED) is 0.328. The third kappa shape index (κ3) is 5.64. The topological polar surface area (TPSA) is 75.8 Å². The Bertz CT molecular complexity index is 971. The zero-order valence-corrected chi connectivity index (χ0v) is 19.5. The Labute approximate surface area is 187 Å². The van der Waals surface area contributed by atoms with Crippen molar-refractivity contribution in [3.8, 4) is 34.5 Å². The van der Waals surface area contributed by atoms with Crippen LogP contribution < -0.4 is 18.9 Å². The highest BCUT2D eigenvalue weighted by atomic mass is 32.2. The van der Waals surface area contributed by atoms with Crippen LogP contribution in [-0.2, 0) is 5.41 Å². The zero-order chi connectivity index (χ0) is 22.4. The van der Waals surface area contributed by atoms with Crippen LogP contribution in [0, 0.1) is 0 Å². The molecule has 1 heterocycles. The summed E-state index contributed by atoms with van der Waals surface area (Å²) >= 11 is 1.44. The van der Waals surface area contributed by atoms with E-state index >= 15 is 0 Å². The fourth-order valence-electron chi connectivity index (χ4n) is 2.93. The summed E-state index contributed by atoms with van der Waals surface area (Å²) in [6.45, 7) is 7.10. The van der Waals surface area contributed by atoms with Crippen molar-refractivity contribution in [1.82, 2.24) is 10.2 Å². The predicted octanol–water partition coefficient (Wildman–Crippen LogP) is 5.23. The number of rotatable bonds is 9. The smallest absolute Gasteiger partial charge is 0.276 e. The van der Waals surface area contributed by atoms with E-state index in [1.165, 1.54) is 17.3 Å². The molecule has 0 fully saturated rings. The van der Waals surface area contributed by atoms with Gasteiger partial charge in [-0.25, -0.2) is 0 Å². The number of hydrogen-bond donors (Lipinski definition) is 0. The molecule has 31 heavy (non-hydrogen) atoms. The van der Waals surface area contributed by atoms with Crippen LogP contribution in [0.25, 0.3) is 11.5 Å². The third-order valence-electron chi connectivity index (χ3n) is 4.62. The fourth-order valence-corrected chi connectivity index (χ4v) is 3.51. The molecular weight excluding hydrogens is 416 g/mol. The number of aromatic nitrogens is 2. The van der Waals surface area contributed by atoms with E-state index in [0.717, 1.165) is 5.75 Å². The molecule has 0 unspecified atom stereocenters. The zero-order valence-electron chi connectivity index (χ0n) is 18.7. The van der Waals surface area contributed by atoms with Gasteiger partial charge >= 0.3 is 0 Å². The minimum absolute atomic E-state index is 0.127. The average molecular weight is 445 g/mol. The summed E-state index contributed by atoms with van der Waals surface area (Å²) in [5.41, 5.74) is 2.09. The second-order valence-corrected chi connectivity index (χ2v) is 8.80. The molecule has 166 valence electrons. The Morgan fingerprint density at radius 1 is 0.903 bits per heavy atom. The molecule has 1 aromatic heterocycles. The third-order valence-corrected chi connectivity index (χ3v) is 5.40. The van der Waals surface area contributed by atoms with Gasteiger partial charge in [-0.05, 0) is 35.2 Å². The predicted molar refractivity (Wildman–Crippen MR) is 121 cm³/mol. The molecule has 0 aliphatic rings. The van der Waals surface area contributed by atoms with E-state index in [2.05, 4.69) is 43.1 Å². The Morgan fingerprint density at radius 2 is 1.55 bits per heavy atom. The fraction of sp³-hybridized carbons (Fsp3) is 0.391. The first-order valence-corrected chi connectivity index (χ1v) is 10.8. The van der Waals surface area contributed by atoms with Gasteiger partial charge < -0.3 is 23.4 Å². The standard InChI is InChI=1S/C23H28N2O5S/c1-23(2,3)16-7-9-17(10-8-16)29-11-12-31-22-25-24-21(30-22)15-13-18(26-4)20(28-6)19(14-15)27-5/h7-10,13-14H,11-12H2,1-6H3. The lowest BCUT2D eigenvalue weighted by Crippen LogP contribution is -2.10. The molecule has 0 aliphatic heterocycles. The molecule has 0 N–H and O–H groups in total. The Kier molecular flexibility index (Phi) is 7.33. The summed E-state index contributed by atoms with van der Waals surface area (Å²) < 4.78 is 27.7. The summed E-state index contributed by atoms with van der Waals surface area (Å²) in [6.07, 6.45) is 0. The molecule has 2 aromatic carbocycles. The van der Waals surface area contributed by atoms with Crippen molar-refractivity contribution in [1.29, 1.82) is 0 Å². The van der Waals surface area contributed by atoms with Crippen LogP contribution in [0.5, 0.6) is 23.0 Å². The monoisotopic (exact) mass is 444 g/mol. The minimum atomic E-state index is 0.127. The first-order chi connectivity index (χ1) is 14.9. The lowest BCUT2D eigenvalue weighted by atomic mass is 9.87. The van der Waals surface area contributed by atoms with Crippen LogP contribution in [0.3, 0.4) is 0 Å². The van der Waals surface area contributed by atoms with Gasteiger partial charge in [-0.2, -0.15) is 0 Å². The van der Waals surface area contributed by atoms with Crippen LogP contribution in [0.4, 0.5) is 0 Å². The van der Waals surface area contributed by atoms with E-state index in [0.29, 0.717) is 46.3 Å². The van der Waals surface area contributed by atoms with E-state index in [1.807, 2.05) is 12.1 Å². The summed E-state index contributed by atoms with van der Waals surface area (Å²) in [5.74, 6) is 3.45. The molecule has 3 rings (SSSR count). The largest absolute Gasteiger partial charge is 0.493 e. The van der Waals surface area contributed by atoms with Crippen molar-refractivity contribution in [3.63, 3.8) is 0 Å². The number of benzene rings is 2. The normalized spacial score (nSPS) is 11.3. The van der Waals surface area contributed by atoms with Crippen LogP contribution in [0.2, 0.25) is 0 Å². The Hall–Kier alpha value is -2.87. The molecule has 0 aliphatic carbocycles. The Morgan fingerprint density at radius 3 is 2.10 bits per heavy atom. The van der Waals surface area contributed by atoms with Gasteiger partial charge in [0.15, 0.2) is 11.5 Å². The van der Waals surface area contributed by atoms with Gasteiger partial charge in [0.25, 0.3) is 5.22 Å². The summed E-state index contributed by atoms with van der Waals surface area (Å²) in [6, 6.07) is 11.7. The summed E-state index contributed by atoms with van der Waals surface area (Å²) in [5, 5.41) is 8.71. The van der Waals surface area contributed by atoms with Gasteiger partial charge in [0, 0.05) is 11.3 Å². The molecular formula is C23H28N2O5S. The van der Waals surface area contributed by atoms with Crippen molar-refractivity contribution in [2.75, 3.05) is 33.7 Å². The number of methoxy groups -OCH3 is 3. The minimum Gasteiger partial charge on any atom is -0.493 e. The summed E-state index contributed by atoms with van der Waals surface area (Å²) in [7, 11) is 4.68. The molecule has 0 spiro atoms. The first kappa shape index (κ1) is 22.8. The highest BCUT2D eigenvalue weighted by molar-refractivity contribution is 7.99. The molecule has 0 radical (unpaired) electrons. The maximum Gasteiger partial charge on any atom is 0.276 e. The van der Waals surface area contributed by atoms with E-state index in [4.69, 9.17) is 23.4 Å². The van der Waals surface area contributed by atoms with Crippen LogP contribution in [-0.4, -0.2) is 43.9 Å². The molecule has 0 bridgehead atoms. The van der Waals surface area contributed by atoms with Crippen molar-refractivity contribution < 1.29 is 23.4 Å². The first-order valence-electron chi connectivity index (χ1n) is 9.85. The van der Waals surface area contributed by atoms with Crippen molar-refractivity contribution in [3.05, 3.63) is 42.0 Å².